The van der Waals surface area contributed by atoms with Crippen LogP contribution in [0.15, 0.2) is 30.5 Å². The Morgan fingerprint density at radius 1 is 1.29 bits per heavy atom. The van der Waals surface area contributed by atoms with Gasteiger partial charge in [0.1, 0.15) is 17.3 Å². The van der Waals surface area contributed by atoms with Crippen molar-refractivity contribution in [3.05, 3.63) is 47.8 Å². The van der Waals surface area contributed by atoms with Crippen LogP contribution in [0.25, 0.3) is 11.1 Å². The summed E-state index contributed by atoms with van der Waals surface area (Å²) in [4.78, 5) is 13.8. The number of carbonyl (C=O) groups is 1. The number of nitrogens with one attached hydrogen (secondary N) is 1. The molecule has 1 aromatic carbocycles. The van der Waals surface area contributed by atoms with Gasteiger partial charge in [-0.05, 0) is 24.3 Å². The van der Waals surface area contributed by atoms with E-state index in [4.69, 9.17) is 0 Å². The summed E-state index contributed by atoms with van der Waals surface area (Å²) < 4.78 is 30.9. The number of aromatic amines is 1. The van der Waals surface area contributed by atoms with E-state index in [9.17, 15) is 13.6 Å². The molecule has 3 nitrogen and oxygen atoms in total. The predicted octanol–water partition coefficient (Wildman–Crippen LogP) is 2.75. The molecule has 17 heavy (non-hydrogen) atoms. The summed E-state index contributed by atoms with van der Waals surface area (Å²) in [5.74, 6) is -1.66. The molecule has 0 saturated carbocycles. The number of methoxy groups -OCH3 is 1. The summed E-state index contributed by atoms with van der Waals surface area (Å²) in [7, 11) is 1.24. The van der Waals surface area contributed by atoms with E-state index in [1.54, 1.807) is 0 Å². The quantitative estimate of drug-likeness (QED) is 0.816. The molecule has 0 aliphatic heterocycles. The average Bonchev–Trinajstić information content (AvgIpc) is 2.80. The van der Waals surface area contributed by atoms with Gasteiger partial charge < -0.3 is 9.72 Å². The number of halogens is 2. The molecular formula is C12H9F2NO2. The molecule has 0 radical (unpaired) electrons. The molecule has 0 aliphatic rings. The van der Waals surface area contributed by atoms with Crippen LogP contribution in [0.3, 0.4) is 0 Å². The third-order valence-electron chi connectivity index (χ3n) is 2.33. The number of rotatable bonds is 2. The Hall–Kier alpha value is -2.17. The van der Waals surface area contributed by atoms with Crippen LogP contribution in [0.1, 0.15) is 10.5 Å². The maximum Gasteiger partial charge on any atom is 0.354 e. The molecule has 0 amide bonds. The van der Waals surface area contributed by atoms with Crippen molar-refractivity contribution in [3.63, 3.8) is 0 Å². The van der Waals surface area contributed by atoms with E-state index in [1.165, 1.54) is 19.4 Å². The van der Waals surface area contributed by atoms with E-state index in [0.29, 0.717) is 5.56 Å². The number of benzene rings is 1. The van der Waals surface area contributed by atoms with Crippen LogP contribution >= 0.6 is 0 Å². The van der Waals surface area contributed by atoms with Crippen molar-refractivity contribution < 1.29 is 18.3 Å². The molecular weight excluding hydrogens is 228 g/mol. The molecule has 0 aliphatic carbocycles. The molecule has 88 valence electrons. The lowest BCUT2D eigenvalue weighted by molar-refractivity contribution is 0.0595. The number of carbonyl (C=O) groups excluding carboxylic acids is 1. The minimum Gasteiger partial charge on any atom is -0.464 e. The SMILES string of the molecule is COC(=O)c1cc(-c2cc(F)ccc2F)c[nH]1. The Balaban J connectivity index is 2.43. The number of esters is 1. The summed E-state index contributed by atoms with van der Waals surface area (Å²) in [5.41, 5.74) is 0.671. The lowest BCUT2D eigenvalue weighted by Gasteiger charge is -1.99. The van der Waals surface area contributed by atoms with E-state index >= 15 is 0 Å². The molecule has 5 heteroatoms. The van der Waals surface area contributed by atoms with Crippen LogP contribution < -0.4 is 0 Å². The van der Waals surface area contributed by atoms with E-state index in [1.807, 2.05) is 0 Å². The molecule has 1 N–H and O–H groups in total. The third kappa shape index (κ3) is 2.18. The second-order valence-electron chi connectivity index (χ2n) is 3.42. The standard InChI is InChI=1S/C12H9F2NO2/c1-17-12(16)11-4-7(6-15-11)9-5-8(13)2-3-10(9)14/h2-6,15H,1H3. The molecule has 0 atom stereocenters. The van der Waals surface area contributed by atoms with Crippen molar-refractivity contribution in [2.45, 2.75) is 0 Å². The van der Waals surface area contributed by atoms with Gasteiger partial charge in [0.25, 0.3) is 0 Å². The molecule has 0 bridgehead atoms. The van der Waals surface area contributed by atoms with Gasteiger partial charge in [-0.2, -0.15) is 0 Å². The fourth-order valence-corrected chi connectivity index (χ4v) is 1.50. The number of hydrogen-bond donors (Lipinski definition) is 1. The highest BCUT2D eigenvalue weighted by atomic mass is 19.1. The topological polar surface area (TPSA) is 42.1 Å². The Kier molecular flexibility index (Phi) is 2.91. The summed E-state index contributed by atoms with van der Waals surface area (Å²) in [6.45, 7) is 0. The van der Waals surface area contributed by atoms with Crippen LogP contribution in [0, 0.1) is 11.6 Å². The maximum atomic E-state index is 13.5. The third-order valence-corrected chi connectivity index (χ3v) is 2.33. The monoisotopic (exact) mass is 237 g/mol. The summed E-state index contributed by atoms with van der Waals surface area (Å²) in [6.07, 6.45) is 1.42. The van der Waals surface area contributed by atoms with E-state index < -0.39 is 17.6 Å². The lowest BCUT2D eigenvalue weighted by atomic mass is 10.1. The summed E-state index contributed by atoms with van der Waals surface area (Å²) in [6, 6.07) is 4.55. The van der Waals surface area contributed by atoms with Crippen LogP contribution in [0.4, 0.5) is 8.78 Å². The van der Waals surface area contributed by atoms with Crippen molar-refractivity contribution in [1.82, 2.24) is 4.98 Å². The zero-order valence-corrected chi connectivity index (χ0v) is 8.96. The van der Waals surface area contributed by atoms with E-state index in [2.05, 4.69) is 9.72 Å². The molecule has 1 heterocycles. The van der Waals surface area contributed by atoms with Crippen LogP contribution in [0.2, 0.25) is 0 Å². The number of hydrogen-bond acceptors (Lipinski definition) is 2. The second-order valence-corrected chi connectivity index (χ2v) is 3.42. The average molecular weight is 237 g/mol. The molecule has 1 aromatic heterocycles. The number of ether oxygens (including phenoxy) is 1. The highest BCUT2D eigenvalue weighted by Crippen LogP contribution is 2.24. The lowest BCUT2D eigenvalue weighted by Crippen LogP contribution is -2.00. The Labute approximate surface area is 96.0 Å². The van der Waals surface area contributed by atoms with Crippen molar-refractivity contribution in [1.29, 1.82) is 0 Å². The number of H-pyrrole nitrogens is 1. The Bertz CT molecular complexity index is 563. The Morgan fingerprint density at radius 3 is 2.76 bits per heavy atom. The highest BCUT2D eigenvalue weighted by Gasteiger charge is 2.12. The summed E-state index contributed by atoms with van der Waals surface area (Å²) in [5, 5.41) is 0. The molecule has 2 aromatic rings. The fraction of sp³-hybridized carbons (Fsp3) is 0.0833. The maximum absolute atomic E-state index is 13.5. The van der Waals surface area contributed by atoms with E-state index in [-0.39, 0.29) is 11.3 Å². The van der Waals surface area contributed by atoms with Gasteiger partial charge in [-0.3, -0.25) is 0 Å². The molecule has 2 rings (SSSR count). The van der Waals surface area contributed by atoms with Gasteiger partial charge >= 0.3 is 5.97 Å². The smallest absolute Gasteiger partial charge is 0.354 e. The molecule has 0 saturated heterocycles. The van der Waals surface area contributed by atoms with Gasteiger partial charge in [-0.1, -0.05) is 0 Å². The van der Waals surface area contributed by atoms with Crippen LogP contribution in [0.5, 0.6) is 0 Å². The zero-order chi connectivity index (χ0) is 12.4. The Morgan fingerprint density at radius 2 is 2.06 bits per heavy atom. The van der Waals surface area contributed by atoms with Gasteiger partial charge in [0.2, 0.25) is 0 Å². The van der Waals surface area contributed by atoms with Gasteiger partial charge in [0.15, 0.2) is 0 Å². The first-order chi connectivity index (χ1) is 8.11. The van der Waals surface area contributed by atoms with Crippen molar-refractivity contribution >= 4 is 5.97 Å². The van der Waals surface area contributed by atoms with Crippen molar-refractivity contribution in [2.24, 2.45) is 0 Å². The predicted molar refractivity (Wildman–Crippen MR) is 57.5 cm³/mol. The normalized spacial score (nSPS) is 10.3. The first-order valence-corrected chi connectivity index (χ1v) is 4.84. The minimum atomic E-state index is -0.562. The molecule has 0 unspecified atom stereocenters. The van der Waals surface area contributed by atoms with Gasteiger partial charge in [-0.15, -0.1) is 0 Å². The molecule has 0 fully saturated rings. The summed E-state index contributed by atoms with van der Waals surface area (Å²) >= 11 is 0. The second kappa shape index (κ2) is 4.37. The van der Waals surface area contributed by atoms with Crippen molar-refractivity contribution in [2.75, 3.05) is 7.11 Å². The largest absolute Gasteiger partial charge is 0.464 e. The molecule has 0 spiro atoms. The van der Waals surface area contributed by atoms with Crippen LogP contribution in [-0.4, -0.2) is 18.1 Å². The first kappa shape index (κ1) is 11.3. The fourth-order valence-electron chi connectivity index (χ4n) is 1.50. The minimum absolute atomic E-state index is 0.0939. The zero-order valence-electron chi connectivity index (χ0n) is 8.96. The van der Waals surface area contributed by atoms with Gasteiger partial charge in [-0.25, -0.2) is 13.6 Å². The highest BCUT2D eigenvalue weighted by molar-refractivity contribution is 5.89. The van der Waals surface area contributed by atoms with E-state index in [0.717, 1.165) is 18.2 Å². The van der Waals surface area contributed by atoms with Crippen molar-refractivity contribution in [3.8, 4) is 11.1 Å². The van der Waals surface area contributed by atoms with Gasteiger partial charge in [0.05, 0.1) is 7.11 Å². The van der Waals surface area contributed by atoms with Gasteiger partial charge in [0, 0.05) is 17.3 Å². The van der Waals surface area contributed by atoms with Crippen LogP contribution in [-0.2, 0) is 4.74 Å². The number of aromatic nitrogens is 1. The first-order valence-electron chi connectivity index (χ1n) is 4.84.